The number of ether oxygens (including phenoxy) is 1. The van der Waals surface area contributed by atoms with Gasteiger partial charge in [-0.2, -0.15) is 0 Å². The molecule has 1 aromatic rings. The van der Waals surface area contributed by atoms with Crippen LogP contribution in [0.15, 0.2) is 24.3 Å². The molecule has 2 rings (SSSR count). The van der Waals surface area contributed by atoms with Crippen LogP contribution < -0.4 is 5.32 Å². The van der Waals surface area contributed by atoms with Crippen molar-refractivity contribution in [3.05, 3.63) is 34.9 Å². The summed E-state index contributed by atoms with van der Waals surface area (Å²) in [5.74, 6) is 0.535. The summed E-state index contributed by atoms with van der Waals surface area (Å²) in [6.07, 6.45) is 2.67. The van der Waals surface area contributed by atoms with E-state index < -0.39 is 0 Å². The molecule has 0 spiro atoms. The second kappa shape index (κ2) is 10.3. The van der Waals surface area contributed by atoms with E-state index in [2.05, 4.69) is 5.32 Å². The first-order chi connectivity index (χ1) is 12.0. The molecule has 1 aromatic carbocycles. The number of nitrogens with one attached hydrogen (secondary N) is 1. The molecule has 1 aliphatic rings. The van der Waals surface area contributed by atoms with Crippen molar-refractivity contribution in [1.82, 2.24) is 5.32 Å². The molecule has 1 unspecified atom stereocenters. The van der Waals surface area contributed by atoms with E-state index in [-0.39, 0.29) is 30.3 Å². The van der Waals surface area contributed by atoms with E-state index in [4.69, 9.17) is 16.3 Å². The molecule has 140 valence electrons. The van der Waals surface area contributed by atoms with Crippen molar-refractivity contribution in [3.63, 3.8) is 0 Å². The molecule has 0 aliphatic carbocycles. The van der Waals surface area contributed by atoms with Gasteiger partial charge in [0.15, 0.2) is 0 Å². The van der Waals surface area contributed by atoms with Gasteiger partial charge in [0.05, 0.1) is 6.61 Å². The summed E-state index contributed by atoms with van der Waals surface area (Å²) in [6, 6.07) is 7.63. The maximum absolute atomic E-state index is 12.6. The van der Waals surface area contributed by atoms with E-state index in [1.54, 1.807) is 0 Å². The van der Waals surface area contributed by atoms with Crippen LogP contribution in [-0.4, -0.2) is 43.3 Å². The highest BCUT2D eigenvalue weighted by molar-refractivity contribution is 6.30. The van der Waals surface area contributed by atoms with Crippen LogP contribution in [0.4, 0.5) is 0 Å². The highest BCUT2D eigenvalue weighted by Crippen LogP contribution is 2.26. The van der Waals surface area contributed by atoms with Crippen molar-refractivity contribution < 1.29 is 14.6 Å². The molecule has 1 aliphatic heterocycles. The minimum absolute atomic E-state index is 0.00944. The first-order valence-electron chi connectivity index (χ1n) is 9.24. The third-order valence-corrected chi connectivity index (χ3v) is 5.31. The molecular formula is C20H30ClNO3. The third-order valence-electron chi connectivity index (χ3n) is 5.06. The van der Waals surface area contributed by atoms with Gasteiger partial charge in [-0.3, -0.25) is 4.79 Å². The van der Waals surface area contributed by atoms with Crippen molar-refractivity contribution in [2.75, 3.05) is 26.4 Å². The monoisotopic (exact) mass is 367 g/mol. The van der Waals surface area contributed by atoms with Gasteiger partial charge in [0, 0.05) is 36.1 Å². The SMILES string of the molecule is CC(C)C(=O)[C@H](CCNC(CO)C1CCOCC1)c1ccc(Cl)cc1. The average molecular weight is 368 g/mol. The van der Waals surface area contributed by atoms with E-state index >= 15 is 0 Å². The number of carbonyl (C=O) groups excluding carboxylic acids is 1. The van der Waals surface area contributed by atoms with Gasteiger partial charge < -0.3 is 15.2 Å². The lowest BCUT2D eigenvalue weighted by atomic mass is 9.86. The first-order valence-corrected chi connectivity index (χ1v) is 9.62. The van der Waals surface area contributed by atoms with Crippen molar-refractivity contribution in [1.29, 1.82) is 0 Å². The number of rotatable bonds is 9. The summed E-state index contributed by atoms with van der Waals surface area (Å²) in [6.45, 7) is 6.24. The van der Waals surface area contributed by atoms with E-state index in [1.807, 2.05) is 38.1 Å². The highest BCUT2D eigenvalue weighted by atomic mass is 35.5. The molecular weight excluding hydrogens is 338 g/mol. The molecule has 1 fully saturated rings. The minimum Gasteiger partial charge on any atom is -0.395 e. The van der Waals surface area contributed by atoms with Gasteiger partial charge in [0.1, 0.15) is 5.78 Å². The number of Topliss-reactive ketones (excluding diaryl/α,β-unsaturated/α-hetero) is 1. The van der Waals surface area contributed by atoms with E-state index in [1.165, 1.54) is 0 Å². The standard InChI is InChI=1S/C20H30ClNO3/c1-14(2)20(24)18(15-3-5-17(21)6-4-15)7-10-22-19(13-23)16-8-11-25-12-9-16/h3-6,14,16,18-19,22-23H,7-13H2,1-2H3/t18-,19?/m1/s1. The Morgan fingerprint density at radius 2 is 1.92 bits per heavy atom. The van der Waals surface area contributed by atoms with Gasteiger partial charge in [-0.15, -0.1) is 0 Å². The molecule has 0 saturated carbocycles. The van der Waals surface area contributed by atoms with E-state index in [9.17, 15) is 9.90 Å². The van der Waals surface area contributed by atoms with Crippen molar-refractivity contribution >= 4 is 17.4 Å². The average Bonchev–Trinajstić information content (AvgIpc) is 2.63. The second-order valence-corrected chi connectivity index (χ2v) is 7.58. The summed E-state index contributed by atoms with van der Waals surface area (Å²) >= 11 is 5.97. The summed E-state index contributed by atoms with van der Waals surface area (Å²) < 4.78 is 5.40. The molecule has 0 amide bonds. The van der Waals surface area contributed by atoms with Crippen LogP contribution in [0.5, 0.6) is 0 Å². The zero-order valence-corrected chi connectivity index (χ0v) is 16.0. The Hall–Kier alpha value is -0.940. The molecule has 1 heterocycles. The largest absolute Gasteiger partial charge is 0.395 e. The summed E-state index contributed by atoms with van der Waals surface area (Å²) in [5.41, 5.74) is 1.01. The van der Waals surface area contributed by atoms with Crippen LogP contribution in [0.3, 0.4) is 0 Å². The third kappa shape index (κ3) is 6.07. The Morgan fingerprint density at radius 1 is 1.28 bits per heavy atom. The molecule has 0 bridgehead atoms. The van der Waals surface area contributed by atoms with Crippen LogP contribution in [0.1, 0.15) is 44.6 Å². The number of ketones is 1. The lowest BCUT2D eigenvalue weighted by Gasteiger charge is -2.30. The summed E-state index contributed by atoms with van der Waals surface area (Å²) in [4.78, 5) is 12.6. The molecule has 1 saturated heterocycles. The molecule has 25 heavy (non-hydrogen) atoms. The molecule has 5 heteroatoms. The highest BCUT2D eigenvalue weighted by Gasteiger charge is 2.26. The Bertz CT molecular complexity index is 526. The number of aliphatic hydroxyl groups excluding tert-OH is 1. The lowest BCUT2D eigenvalue weighted by Crippen LogP contribution is -2.42. The maximum Gasteiger partial charge on any atom is 0.142 e. The zero-order chi connectivity index (χ0) is 18.2. The van der Waals surface area contributed by atoms with E-state index in [0.29, 0.717) is 17.5 Å². The number of aliphatic hydroxyl groups is 1. The van der Waals surface area contributed by atoms with Crippen LogP contribution in [0.25, 0.3) is 0 Å². The van der Waals surface area contributed by atoms with Gasteiger partial charge in [-0.25, -0.2) is 0 Å². The Labute approximate surface area is 155 Å². The number of hydrogen-bond donors (Lipinski definition) is 2. The Kier molecular flexibility index (Phi) is 8.37. The Morgan fingerprint density at radius 3 is 2.48 bits per heavy atom. The van der Waals surface area contributed by atoms with Gasteiger partial charge in [0.2, 0.25) is 0 Å². The fraction of sp³-hybridized carbons (Fsp3) is 0.650. The lowest BCUT2D eigenvalue weighted by molar-refractivity contribution is -0.123. The van der Waals surface area contributed by atoms with E-state index in [0.717, 1.165) is 38.0 Å². The van der Waals surface area contributed by atoms with Crippen LogP contribution in [0.2, 0.25) is 5.02 Å². The number of hydrogen-bond acceptors (Lipinski definition) is 4. The summed E-state index contributed by atoms with van der Waals surface area (Å²) in [5, 5.41) is 13.8. The van der Waals surface area contributed by atoms with Crippen molar-refractivity contribution in [2.45, 2.75) is 45.1 Å². The van der Waals surface area contributed by atoms with Crippen molar-refractivity contribution in [3.8, 4) is 0 Å². The summed E-state index contributed by atoms with van der Waals surface area (Å²) in [7, 11) is 0. The molecule has 2 N–H and O–H groups in total. The predicted octanol–water partition coefficient (Wildman–Crippen LogP) is 3.42. The van der Waals surface area contributed by atoms with Gasteiger partial charge in [-0.05, 0) is 49.4 Å². The number of carbonyl (C=O) groups is 1. The van der Waals surface area contributed by atoms with Crippen LogP contribution >= 0.6 is 11.6 Å². The molecule has 4 nitrogen and oxygen atoms in total. The molecule has 2 atom stereocenters. The van der Waals surface area contributed by atoms with Crippen LogP contribution in [0, 0.1) is 11.8 Å². The zero-order valence-electron chi connectivity index (χ0n) is 15.2. The normalized spacial score (nSPS) is 18.3. The quantitative estimate of drug-likeness (QED) is 0.702. The molecule has 0 radical (unpaired) electrons. The first kappa shape index (κ1) is 20.4. The predicted molar refractivity (Wildman–Crippen MR) is 101 cm³/mol. The maximum atomic E-state index is 12.6. The Balaban J connectivity index is 1.96. The molecule has 0 aromatic heterocycles. The number of benzene rings is 1. The van der Waals surface area contributed by atoms with Gasteiger partial charge in [-0.1, -0.05) is 37.6 Å². The van der Waals surface area contributed by atoms with Gasteiger partial charge in [0.25, 0.3) is 0 Å². The topological polar surface area (TPSA) is 58.6 Å². The van der Waals surface area contributed by atoms with Crippen LogP contribution in [-0.2, 0) is 9.53 Å². The number of halogens is 1. The second-order valence-electron chi connectivity index (χ2n) is 7.14. The fourth-order valence-corrected chi connectivity index (χ4v) is 3.61. The fourth-order valence-electron chi connectivity index (χ4n) is 3.48. The van der Waals surface area contributed by atoms with Gasteiger partial charge >= 0.3 is 0 Å². The minimum atomic E-state index is -0.140. The van der Waals surface area contributed by atoms with Crippen molar-refractivity contribution in [2.24, 2.45) is 11.8 Å². The smallest absolute Gasteiger partial charge is 0.142 e.